The predicted octanol–water partition coefficient (Wildman–Crippen LogP) is 3.43. The maximum absolute atomic E-state index is 12.2. The highest BCUT2D eigenvalue weighted by molar-refractivity contribution is 5.85. The topological polar surface area (TPSA) is 66.4 Å². The van der Waals surface area contributed by atoms with Crippen molar-refractivity contribution < 1.29 is 14.7 Å². The van der Waals surface area contributed by atoms with Crippen LogP contribution in [0.25, 0.3) is 0 Å². The molecule has 4 heteroatoms. The molecule has 0 aliphatic heterocycles. The molecule has 0 bridgehead atoms. The molecule has 1 atom stereocenters. The molecule has 0 saturated carbocycles. The lowest BCUT2D eigenvalue weighted by Gasteiger charge is -2.26. The Morgan fingerprint density at radius 1 is 0.917 bits per heavy atom. The first kappa shape index (κ1) is 17.7. The van der Waals surface area contributed by atoms with E-state index in [9.17, 15) is 14.7 Å². The van der Waals surface area contributed by atoms with E-state index in [1.807, 2.05) is 74.5 Å². The summed E-state index contributed by atoms with van der Waals surface area (Å²) in [5.41, 5.74) is 1.72. The molecule has 0 heterocycles. The van der Waals surface area contributed by atoms with E-state index in [1.165, 1.54) is 0 Å². The van der Waals surface area contributed by atoms with E-state index >= 15 is 0 Å². The Balaban J connectivity index is 2.39. The number of hydrogen-bond donors (Lipinski definition) is 2. The molecule has 2 aromatic rings. The van der Waals surface area contributed by atoms with Crippen LogP contribution in [0.2, 0.25) is 0 Å². The van der Waals surface area contributed by atoms with Crippen LogP contribution < -0.4 is 5.32 Å². The molecule has 2 aromatic carbocycles. The van der Waals surface area contributed by atoms with Crippen molar-refractivity contribution in [3.05, 3.63) is 71.8 Å². The van der Waals surface area contributed by atoms with Crippen molar-refractivity contribution in [1.82, 2.24) is 5.32 Å². The third-order valence-electron chi connectivity index (χ3n) is 3.83. The Labute approximate surface area is 142 Å². The minimum atomic E-state index is -1.04. The minimum Gasteiger partial charge on any atom is -0.480 e. The van der Waals surface area contributed by atoms with Crippen LogP contribution in [0.3, 0.4) is 0 Å². The van der Waals surface area contributed by atoms with Gasteiger partial charge in [0, 0.05) is 12.3 Å². The molecular formula is C20H23NO3. The molecule has 0 fully saturated rings. The van der Waals surface area contributed by atoms with Crippen LogP contribution in [0, 0.1) is 5.92 Å². The first-order valence-electron chi connectivity index (χ1n) is 8.11. The summed E-state index contributed by atoms with van der Waals surface area (Å²) in [5.74, 6) is -1.55. The molecule has 2 rings (SSSR count). The highest BCUT2D eigenvalue weighted by atomic mass is 16.4. The van der Waals surface area contributed by atoms with Crippen molar-refractivity contribution in [3.63, 3.8) is 0 Å². The second kappa shape index (κ2) is 8.29. The summed E-state index contributed by atoms with van der Waals surface area (Å²) < 4.78 is 0. The van der Waals surface area contributed by atoms with Gasteiger partial charge >= 0.3 is 5.97 Å². The summed E-state index contributed by atoms with van der Waals surface area (Å²) in [5, 5.41) is 12.4. The molecule has 2 N–H and O–H groups in total. The normalized spacial score (nSPS) is 12.2. The van der Waals surface area contributed by atoms with E-state index in [0.29, 0.717) is 6.42 Å². The number of carboxylic acids is 1. The van der Waals surface area contributed by atoms with Crippen LogP contribution >= 0.6 is 0 Å². The fourth-order valence-corrected chi connectivity index (χ4v) is 2.79. The van der Waals surface area contributed by atoms with Crippen LogP contribution in [0.15, 0.2) is 60.7 Å². The van der Waals surface area contributed by atoms with Crippen LogP contribution in [0.4, 0.5) is 0 Å². The summed E-state index contributed by atoms with van der Waals surface area (Å²) in [6, 6.07) is 17.8. The summed E-state index contributed by atoms with van der Waals surface area (Å²) in [6.07, 6.45) is 0.306. The lowest BCUT2D eigenvalue weighted by molar-refractivity contribution is -0.142. The number of carbonyl (C=O) groups excluding carboxylic acids is 1. The molecule has 0 aliphatic carbocycles. The number of rotatable bonds is 7. The van der Waals surface area contributed by atoms with E-state index in [4.69, 9.17) is 0 Å². The number of hydrogen-bond acceptors (Lipinski definition) is 2. The number of aliphatic carboxylic acids is 1. The number of carboxylic acid groups (broad SMARTS) is 1. The molecule has 4 nitrogen and oxygen atoms in total. The van der Waals surface area contributed by atoms with Gasteiger partial charge in [-0.2, -0.15) is 0 Å². The lowest BCUT2D eigenvalue weighted by atomic mass is 9.85. The van der Waals surface area contributed by atoms with Crippen LogP contribution in [-0.4, -0.2) is 23.0 Å². The Hall–Kier alpha value is -2.62. The Morgan fingerprint density at radius 3 is 1.75 bits per heavy atom. The molecule has 24 heavy (non-hydrogen) atoms. The maximum atomic E-state index is 12.2. The van der Waals surface area contributed by atoms with Gasteiger partial charge in [-0.3, -0.25) is 4.79 Å². The Kier molecular flexibility index (Phi) is 6.13. The summed E-state index contributed by atoms with van der Waals surface area (Å²) in [4.78, 5) is 24.1. The summed E-state index contributed by atoms with van der Waals surface area (Å²) in [7, 11) is 0. The fourth-order valence-electron chi connectivity index (χ4n) is 2.79. The molecule has 0 saturated heterocycles. The molecule has 0 radical (unpaired) electrons. The third-order valence-corrected chi connectivity index (χ3v) is 3.83. The smallest absolute Gasteiger partial charge is 0.327 e. The molecule has 0 spiro atoms. The molecule has 0 aromatic heterocycles. The number of nitrogens with one attached hydrogen (secondary N) is 1. The van der Waals surface area contributed by atoms with Gasteiger partial charge in [-0.15, -0.1) is 0 Å². The molecule has 0 unspecified atom stereocenters. The van der Waals surface area contributed by atoms with Gasteiger partial charge in [-0.1, -0.05) is 74.5 Å². The summed E-state index contributed by atoms with van der Waals surface area (Å²) in [6.45, 7) is 3.86. The van der Waals surface area contributed by atoms with Crippen molar-refractivity contribution in [1.29, 1.82) is 0 Å². The van der Waals surface area contributed by atoms with Gasteiger partial charge in [0.2, 0.25) is 5.91 Å². The van der Waals surface area contributed by atoms with Crippen LogP contribution in [-0.2, 0) is 9.59 Å². The van der Waals surface area contributed by atoms with Gasteiger partial charge in [0.1, 0.15) is 6.04 Å². The first-order chi connectivity index (χ1) is 11.5. The van der Waals surface area contributed by atoms with E-state index < -0.39 is 17.9 Å². The van der Waals surface area contributed by atoms with Crippen LogP contribution in [0.1, 0.15) is 37.3 Å². The molecule has 0 aliphatic rings. The van der Waals surface area contributed by atoms with E-state index in [2.05, 4.69) is 5.32 Å². The lowest BCUT2D eigenvalue weighted by Crippen LogP contribution is -2.45. The summed E-state index contributed by atoms with van der Waals surface area (Å²) >= 11 is 0. The Bertz CT molecular complexity index is 628. The van der Waals surface area contributed by atoms with E-state index in [1.54, 1.807) is 0 Å². The molecular weight excluding hydrogens is 302 g/mol. The predicted molar refractivity (Wildman–Crippen MR) is 93.7 cm³/mol. The van der Waals surface area contributed by atoms with Crippen molar-refractivity contribution in [3.8, 4) is 0 Å². The van der Waals surface area contributed by atoms with Crippen LogP contribution in [0.5, 0.6) is 0 Å². The monoisotopic (exact) mass is 325 g/mol. The van der Waals surface area contributed by atoms with E-state index in [0.717, 1.165) is 11.1 Å². The second-order valence-electron chi connectivity index (χ2n) is 6.28. The van der Waals surface area contributed by atoms with Gasteiger partial charge in [-0.05, 0) is 17.0 Å². The first-order valence-corrected chi connectivity index (χ1v) is 8.11. The van der Waals surface area contributed by atoms with Crippen molar-refractivity contribution in [2.45, 2.75) is 32.2 Å². The van der Waals surface area contributed by atoms with Crippen molar-refractivity contribution in [2.24, 2.45) is 5.92 Å². The third kappa shape index (κ3) is 4.69. The SMILES string of the molecule is CC(C)CC(=O)N[C@@H](C(=O)O)C(c1ccccc1)c1ccccc1. The zero-order valence-electron chi connectivity index (χ0n) is 14.0. The number of amides is 1. The molecule has 126 valence electrons. The number of carbonyl (C=O) groups is 2. The average molecular weight is 325 g/mol. The quantitative estimate of drug-likeness (QED) is 0.819. The standard InChI is InChI=1S/C20H23NO3/c1-14(2)13-17(22)21-19(20(23)24)18(15-9-5-3-6-10-15)16-11-7-4-8-12-16/h3-12,14,18-19H,13H2,1-2H3,(H,21,22)(H,23,24)/t19-/m1/s1. The Morgan fingerprint density at radius 2 is 1.38 bits per heavy atom. The van der Waals surface area contributed by atoms with Gasteiger partial charge < -0.3 is 10.4 Å². The fraction of sp³-hybridized carbons (Fsp3) is 0.300. The van der Waals surface area contributed by atoms with Gasteiger partial charge in [0.25, 0.3) is 0 Å². The average Bonchev–Trinajstić information content (AvgIpc) is 2.55. The zero-order chi connectivity index (χ0) is 17.5. The maximum Gasteiger partial charge on any atom is 0.327 e. The minimum absolute atomic E-state index is 0.173. The number of benzene rings is 2. The van der Waals surface area contributed by atoms with Crippen molar-refractivity contribution in [2.75, 3.05) is 0 Å². The van der Waals surface area contributed by atoms with Gasteiger partial charge in [-0.25, -0.2) is 4.79 Å². The van der Waals surface area contributed by atoms with Crippen molar-refractivity contribution >= 4 is 11.9 Å². The van der Waals surface area contributed by atoms with Gasteiger partial charge in [0.05, 0.1) is 0 Å². The zero-order valence-corrected chi connectivity index (χ0v) is 14.0. The highest BCUT2D eigenvalue weighted by Crippen LogP contribution is 2.28. The van der Waals surface area contributed by atoms with Gasteiger partial charge in [0.15, 0.2) is 0 Å². The second-order valence-corrected chi connectivity index (χ2v) is 6.28. The highest BCUT2D eigenvalue weighted by Gasteiger charge is 2.32. The largest absolute Gasteiger partial charge is 0.480 e. The van der Waals surface area contributed by atoms with E-state index in [-0.39, 0.29) is 11.8 Å². The molecule has 1 amide bonds.